The summed E-state index contributed by atoms with van der Waals surface area (Å²) in [5.41, 5.74) is 0.780. The minimum atomic E-state index is -0.132. The molecule has 0 spiro atoms. The Hall–Kier alpha value is 0.430. The third kappa shape index (κ3) is 4.85. The van der Waals surface area contributed by atoms with E-state index in [1.807, 2.05) is 0 Å². The van der Waals surface area contributed by atoms with Gasteiger partial charge in [0.2, 0.25) is 0 Å². The van der Waals surface area contributed by atoms with E-state index >= 15 is 0 Å². The summed E-state index contributed by atoms with van der Waals surface area (Å²) in [7, 11) is 0. The van der Waals surface area contributed by atoms with E-state index in [1.54, 1.807) is 6.92 Å². The Balaban J connectivity index is 1.50. The molecular formula is C31H52Br2O2. The van der Waals surface area contributed by atoms with E-state index in [4.69, 9.17) is 4.74 Å². The Bertz CT molecular complexity index is 769. The van der Waals surface area contributed by atoms with Gasteiger partial charge in [0.05, 0.1) is 0 Å². The first-order valence-electron chi connectivity index (χ1n) is 14.9. The van der Waals surface area contributed by atoms with Crippen LogP contribution in [0.1, 0.15) is 119 Å². The summed E-state index contributed by atoms with van der Waals surface area (Å²) < 4.78 is 5.75. The van der Waals surface area contributed by atoms with Gasteiger partial charge in [-0.15, -0.1) is 0 Å². The molecule has 0 radical (unpaired) electrons. The van der Waals surface area contributed by atoms with Crippen LogP contribution in [-0.4, -0.2) is 21.2 Å². The van der Waals surface area contributed by atoms with E-state index in [0.717, 1.165) is 60.7 Å². The zero-order valence-electron chi connectivity index (χ0n) is 23.5. The number of alkyl halides is 2. The summed E-state index contributed by atoms with van der Waals surface area (Å²) in [6.45, 7) is 16.6. The van der Waals surface area contributed by atoms with Gasteiger partial charge < -0.3 is 4.74 Å². The molecule has 0 aromatic carbocycles. The number of ether oxygens (including phenoxy) is 1. The summed E-state index contributed by atoms with van der Waals surface area (Å²) in [6.07, 6.45) is 14.3. The Morgan fingerprint density at radius 1 is 1.03 bits per heavy atom. The molecule has 0 aromatic rings. The minimum Gasteiger partial charge on any atom is -0.463 e. The Labute approximate surface area is 233 Å². The van der Waals surface area contributed by atoms with Crippen molar-refractivity contribution >= 4 is 37.8 Å². The number of hydrogen-bond donors (Lipinski definition) is 0. The minimum absolute atomic E-state index is 0.0184. The molecule has 0 amide bonds. The maximum Gasteiger partial charge on any atom is 0.302 e. The maximum absolute atomic E-state index is 11.7. The predicted octanol–water partition coefficient (Wildman–Crippen LogP) is 9.57. The lowest BCUT2D eigenvalue weighted by molar-refractivity contribution is -0.155. The van der Waals surface area contributed by atoms with Crippen molar-refractivity contribution in [2.45, 2.75) is 134 Å². The monoisotopic (exact) mass is 614 g/mol. The van der Waals surface area contributed by atoms with Gasteiger partial charge in [0, 0.05) is 22.5 Å². The van der Waals surface area contributed by atoms with E-state index in [1.165, 1.54) is 51.4 Å². The summed E-state index contributed by atoms with van der Waals surface area (Å²) >= 11 is 8.53. The van der Waals surface area contributed by atoms with E-state index in [9.17, 15) is 4.79 Å². The Kier molecular flexibility index (Phi) is 8.56. The molecule has 4 aliphatic rings. The molecule has 0 N–H and O–H groups in total. The zero-order valence-corrected chi connectivity index (χ0v) is 26.7. The molecule has 35 heavy (non-hydrogen) atoms. The second-order valence-electron chi connectivity index (χ2n) is 14.0. The summed E-state index contributed by atoms with van der Waals surface area (Å²) in [5, 5.41) is 0. The van der Waals surface area contributed by atoms with Crippen LogP contribution in [0.3, 0.4) is 0 Å². The summed E-state index contributed by atoms with van der Waals surface area (Å²) in [6, 6.07) is 0. The number of esters is 1. The highest BCUT2D eigenvalue weighted by Crippen LogP contribution is 2.71. The van der Waals surface area contributed by atoms with Crippen LogP contribution in [-0.2, 0) is 9.53 Å². The molecule has 0 unspecified atom stereocenters. The van der Waals surface area contributed by atoms with E-state index in [-0.39, 0.29) is 21.8 Å². The molecule has 0 heterocycles. The molecule has 11 atom stereocenters. The van der Waals surface area contributed by atoms with Gasteiger partial charge in [-0.05, 0) is 104 Å². The SMILES string of the molecule is CC[C@H](CC[C@@H](C)[C@H]1CC[C@H]2[C@@H]3C[C@@H](Br)[C@@]4(Br)C[C@@H](OC(C)=O)CC[C@]4(C)[C@H]3CC[C@]12C)C(C)C. The van der Waals surface area contributed by atoms with Crippen LogP contribution >= 0.6 is 31.9 Å². The fourth-order valence-electron chi connectivity index (χ4n) is 10.1. The number of carbonyl (C=O) groups is 1. The highest BCUT2D eigenvalue weighted by Gasteiger charge is 2.67. The van der Waals surface area contributed by atoms with Gasteiger partial charge in [-0.1, -0.05) is 86.2 Å². The van der Waals surface area contributed by atoms with Crippen LogP contribution in [0.25, 0.3) is 0 Å². The number of rotatable bonds is 7. The lowest BCUT2D eigenvalue weighted by atomic mass is 9.44. The first-order chi connectivity index (χ1) is 16.4. The fourth-order valence-corrected chi connectivity index (χ4v) is 12.3. The van der Waals surface area contributed by atoms with Crippen LogP contribution in [0.4, 0.5) is 0 Å². The van der Waals surface area contributed by atoms with Crippen molar-refractivity contribution in [1.29, 1.82) is 0 Å². The van der Waals surface area contributed by atoms with Crippen LogP contribution in [0, 0.1) is 52.3 Å². The highest BCUT2D eigenvalue weighted by molar-refractivity contribution is 9.12. The van der Waals surface area contributed by atoms with Crippen molar-refractivity contribution < 1.29 is 9.53 Å². The molecular weight excluding hydrogens is 564 g/mol. The van der Waals surface area contributed by atoms with Crippen LogP contribution in [0.5, 0.6) is 0 Å². The van der Waals surface area contributed by atoms with Gasteiger partial charge in [0.25, 0.3) is 0 Å². The van der Waals surface area contributed by atoms with Crippen molar-refractivity contribution in [3.05, 3.63) is 0 Å². The first kappa shape index (κ1) is 28.4. The molecule has 0 saturated heterocycles. The molecule has 4 rings (SSSR count). The average molecular weight is 617 g/mol. The number of hydrogen-bond acceptors (Lipinski definition) is 2. The zero-order chi connectivity index (χ0) is 25.8. The van der Waals surface area contributed by atoms with E-state index in [2.05, 4.69) is 73.4 Å². The van der Waals surface area contributed by atoms with Crippen molar-refractivity contribution in [2.24, 2.45) is 52.3 Å². The second kappa shape index (κ2) is 10.5. The molecule has 0 aromatic heterocycles. The fraction of sp³-hybridized carbons (Fsp3) is 0.968. The lowest BCUT2D eigenvalue weighted by Crippen LogP contribution is -2.64. The predicted molar refractivity (Wildman–Crippen MR) is 154 cm³/mol. The van der Waals surface area contributed by atoms with Gasteiger partial charge in [-0.2, -0.15) is 0 Å². The second-order valence-corrected chi connectivity index (χ2v) is 16.5. The summed E-state index contributed by atoms with van der Waals surface area (Å²) in [5.74, 6) is 5.81. The standard InChI is InChI=1S/C31H52Br2O2/c1-8-22(19(2)3)10-9-20(4)25-11-12-26-24-17-28(32)31(33)18-23(35-21(5)34)13-16-30(31,7)27(24)14-15-29(25,26)6/h19-20,22-28H,8-18H2,1-7H3/t20-,22-,23+,24+,25-,26+,27+,28-,29-,30-,31+/m1/s1. The average Bonchev–Trinajstić information content (AvgIpc) is 3.13. The molecule has 0 aliphatic heterocycles. The van der Waals surface area contributed by atoms with Gasteiger partial charge >= 0.3 is 5.97 Å². The van der Waals surface area contributed by atoms with Crippen LogP contribution < -0.4 is 0 Å². The molecule has 202 valence electrons. The van der Waals surface area contributed by atoms with E-state index < -0.39 is 0 Å². The molecule has 4 fully saturated rings. The van der Waals surface area contributed by atoms with E-state index in [0.29, 0.717) is 10.2 Å². The van der Waals surface area contributed by atoms with Crippen molar-refractivity contribution in [3.63, 3.8) is 0 Å². The smallest absolute Gasteiger partial charge is 0.302 e. The molecule has 4 aliphatic carbocycles. The highest BCUT2D eigenvalue weighted by atomic mass is 79.9. The lowest BCUT2D eigenvalue weighted by Gasteiger charge is -2.66. The molecule has 4 heteroatoms. The topological polar surface area (TPSA) is 26.3 Å². The number of halogens is 2. The van der Waals surface area contributed by atoms with Gasteiger partial charge in [-0.25, -0.2) is 0 Å². The number of fused-ring (bicyclic) bond motifs is 5. The van der Waals surface area contributed by atoms with Crippen molar-refractivity contribution in [1.82, 2.24) is 0 Å². The Morgan fingerprint density at radius 3 is 2.37 bits per heavy atom. The van der Waals surface area contributed by atoms with Gasteiger partial charge in [0.15, 0.2) is 0 Å². The Morgan fingerprint density at radius 2 is 1.74 bits per heavy atom. The third-order valence-corrected chi connectivity index (χ3v) is 15.8. The van der Waals surface area contributed by atoms with Gasteiger partial charge in [0.1, 0.15) is 6.10 Å². The quantitative estimate of drug-likeness (QED) is 0.210. The van der Waals surface area contributed by atoms with Crippen molar-refractivity contribution in [2.75, 3.05) is 0 Å². The van der Waals surface area contributed by atoms with Crippen LogP contribution in [0.2, 0.25) is 0 Å². The largest absolute Gasteiger partial charge is 0.463 e. The van der Waals surface area contributed by atoms with Crippen molar-refractivity contribution in [3.8, 4) is 0 Å². The first-order valence-corrected chi connectivity index (χ1v) is 16.6. The van der Waals surface area contributed by atoms with Gasteiger partial charge in [-0.3, -0.25) is 4.79 Å². The maximum atomic E-state index is 11.7. The molecule has 4 saturated carbocycles. The molecule has 2 nitrogen and oxygen atoms in total. The summed E-state index contributed by atoms with van der Waals surface area (Å²) in [4.78, 5) is 12.1. The third-order valence-electron chi connectivity index (χ3n) is 12.2. The van der Waals surface area contributed by atoms with Crippen LogP contribution in [0.15, 0.2) is 0 Å². The molecule has 0 bridgehead atoms. The normalized spacial score (nSPS) is 46.9. The number of carbonyl (C=O) groups excluding carboxylic acids is 1.